The summed E-state index contributed by atoms with van der Waals surface area (Å²) in [7, 11) is 2.07. The van der Waals surface area contributed by atoms with E-state index in [-0.39, 0.29) is 29.7 Å². The first kappa shape index (κ1) is 32.3. The molecule has 1 aromatic heterocycles. The van der Waals surface area contributed by atoms with E-state index < -0.39 is 30.0 Å². The number of amides is 4. The number of carbonyl (C=O) groups excluding carboxylic acids is 4. The van der Waals surface area contributed by atoms with Gasteiger partial charge in [-0.3, -0.25) is 24.1 Å². The van der Waals surface area contributed by atoms with Gasteiger partial charge in [0.25, 0.3) is 0 Å². The number of primary amides is 1. The Kier molecular flexibility index (Phi) is 9.54. The third kappa shape index (κ3) is 6.46. The Labute approximate surface area is 271 Å². The quantitative estimate of drug-likeness (QED) is 0.318. The number of likely N-dealkylation sites (tertiary alicyclic amines) is 1. The van der Waals surface area contributed by atoms with Crippen molar-refractivity contribution in [3.63, 3.8) is 0 Å². The van der Waals surface area contributed by atoms with Crippen LogP contribution in [0.4, 0.5) is 0 Å². The molecule has 2 aliphatic carbocycles. The lowest BCUT2D eigenvalue weighted by Crippen LogP contribution is -2.58. The second-order valence-electron chi connectivity index (χ2n) is 14.4. The van der Waals surface area contributed by atoms with E-state index in [2.05, 4.69) is 58.0 Å². The summed E-state index contributed by atoms with van der Waals surface area (Å²) in [6.07, 6.45) is 13.6. The number of rotatable bonds is 10. The summed E-state index contributed by atoms with van der Waals surface area (Å²) in [5, 5.41) is 7.36. The van der Waals surface area contributed by atoms with Gasteiger partial charge in [-0.2, -0.15) is 0 Å². The zero-order valence-electron chi connectivity index (χ0n) is 27.5. The molecule has 6 rings (SSSR count). The molecule has 0 unspecified atom stereocenters. The number of likely N-dealkylation sites (N-methyl/N-ethyl adjacent to an activating group) is 1. The number of nitrogens with two attached hydrogens (primary N) is 1. The van der Waals surface area contributed by atoms with Gasteiger partial charge in [0.2, 0.25) is 23.6 Å². The molecule has 5 atom stereocenters. The number of benzene rings is 1. The number of carbonyl (C=O) groups is 4. The highest BCUT2D eigenvalue weighted by atomic mass is 16.2. The van der Waals surface area contributed by atoms with Gasteiger partial charge in [0, 0.05) is 36.2 Å². The van der Waals surface area contributed by atoms with Gasteiger partial charge < -0.3 is 26.3 Å². The van der Waals surface area contributed by atoms with Crippen LogP contribution in [-0.2, 0) is 25.6 Å². The van der Waals surface area contributed by atoms with E-state index >= 15 is 0 Å². The van der Waals surface area contributed by atoms with E-state index in [1.807, 2.05) is 13.8 Å². The Balaban J connectivity index is 1.21. The minimum absolute atomic E-state index is 0.172. The monoisotopic (exact) mass is 630 g/mol. The van der Waals surface area contributed by atoms with Crippen LogP contribution in [-0.4, -0.2) is 82.7 Å². The summed E-state index contributed by atoms with van der Waals surface area (Å²) in [5.41, 5.74) is 10.3. The predicted octanol–water partition coefficient (Wildman–Crippen LogP) is 3.50. The molecule has 4 amide bonds. The molecule has 10 heteroatoms. The van der Waals surface area contributed by atoms with Crippen LogP contribution in [0.25, 0.3) is 16.5 Å². The lowest BCUT2D eigenvalue weighted by atomic mass is 9.79. The van der Waals surface area contributed by atoms with Crippen LogP contribution in [0.5, 0.6) is 0 Å². The first-order chi connectivity index (χ1) is 22.1. The third-order valence-electron chi connectivity index (χ3n) is 10.9. The molecule has 4 aliphatic rings. The Hall–Kier alpha value is -3.66. The van der Waals surface area contributed by atoms with Crippen LogP contribution < -0.4 is 16.4 Å². The molecule has 3 heterocycles. The van der Waals surface area contributed by atoms with Crippen molar-refractivity contribution in [3.8, 4) is 0 Å². The molecule has 1 aromatic carbocycles. The van der Waals surface area contributed by atoms with Crippen molar-refractivity contribution in [2.24, 2.45) is 23.5 Å². The van der Waals surface area contributed by atoms with Gasteiger partial charge in [-0.05, 0) is 73.8 Å². The van der Waals surface area contributed by atoms with E-state index in [1.54, 1.807) is 0 Å². The maximum atomic E-state index is 14.0. The molecule has 1 saturated carbocycles. The normalized spacial score (nSPS) is 24.7. The molecule has 46 heavy (non-hydrogen) atoms. The molecule has 10 nitrogen and oxygen atoms in total. The van der Waals surface area contributed by atoms with Crippen molar-refractivity contribution in [2.75, 3.05) is 20.1 Å². The summed E-state index contributed by atoms with van der Waals surface area (Å²) in [5.74, 6) is -1.42. The fourth-order valence-corrected chi connectivity index (χ4v) is 8.31. The Morgan fingerprint density at radius 2 is 1.83 bits per heavy atom. The zero-order valence-corrected chi connectivity index (χ0v) is 27.5. The third-order valence-corrected chi connectivity index (χ3v) is 10.9. The molecule has 0 bridgehead atoms. The Morgan fingerprint density at radius 1 is 1.04 bits per heavy atom. The number of nitrogens with zero attached hydrogens (tertiary/aromatic N) is 2. The Morgan fingerprint density at radius 3 is 2.57 bits per heavy atom. The van der Waals surface area contributed by atoms with Crippen LogP contribution in [0.3, 0.4) is 0 Å². The zero-order chi connectivity index (χ0) is 32.5. The smallest absolute Gasteiger partial charge is 0.246 e. The lowest BCUT2D eigenvalue weighted by Gasteiger charge is -2.39. The SMILES string of the molecule is CC(C)[C@H](NC(=O)[C@H](CCC1CCCCC1)NC(=O)[C@@H]1C=C2c3cccc4[nH]cc(c34)C[C@H]2N(C)C1)C(=O)N1CCC[C@H]1C(N)=O. The number of hydrogen-bond acceptors (Lipinski definition) is 5. The van der Waals surface area contributed by atoms with E-state index in [1.165, 1.54) is 35.1 Å². The van der Waals surface area contributed by atoms with Crippen LogP contribution in [0, 0.1) is 17.8 Å². The molecule has 5 N–H and O–H groups in total. The molecular formula is C36H50N6O4. The fraction of sp³-hybridized carbons (Fsp3) is 0.611. The first-order valence-corrected chi connectivity index (χ1v) is 17.3. The average Bonchev–Trinajstić information content (AvgIpc) is 3.71. The van der Waals surface area contributed by atoms with Gasteiger partial charge in [-0.15, -0.1) is 0 Å². The minimum Gasteiger partial charge on any atom is -0.368 e. The van der Waals surface area contributed by atoms with Gasteiger partial charge >= 0.3 is 0 Å². The minimum atomic E-state index is -0.816. The standard InChI is InChI=1S/C36H50N6O4/c1-21(2)32(36(46)42-16-8-13-29(42)33(37)43)40-35(45)28(15-14-22-9-5-4-6-10-22)39-34(44)24-17-26-25-11-7-12-27-31(25)23(19-38-27)18-30(26)41(3)20-24/h7,11-12,17,19,21-22,24,28-30,32,38H,4-6,8-10,13-16,18,20H2,1-3H3,(H2,37,43)(H,39,44)(H,40,45)/t24-,28+,29+,30-,32+/m1/s1. The van der Waals surface area contributed by atoms with E-state index in [0.717, 1.165) is 42.3 Å². The number of aromatic nitrogens is 1. The van der Waals surface area contributed by atoms with Crippen molar-refractivity contribution in [3.05, 3.63) is 41.6 Å². The molecule has 1 saturated heterocycles. The van der Waals surface area contributed by atoms with Crippen LogP contribution in [0.15, 0.2) is 30.5 Å². The highest BCUT2D eigenvalue weighted by Gasteiger charge is 2.40. The number of nitrogens with one attached hydrogen (secondary N) is 3. The van der Waals surface area contributed by atoms with Gasteiger partial charge in [-0.25, -0.2) is 0 Å². The van der Waals surface area contributed by atoms with Crippen molar-refractivity contribution < 1.29 is 19.2 Å². The van der Waals surface area contributed by atoms with Gasteiger partial charge in [-0.1, -0.05) is 64.2 Å². The molecule has 2 aromatic rings. The number of hydrogen-bond donors (Lipinski definition) is 4. The number of H-pyrrole nitrogens is 1. The second-order valence-corrected chi connectivity index (χ2v) is 14.4. The fourth-order valence-electron chi connectivity index (χ4n) is 8.31. The summed E-state index contributed by atoms with van der Waals surface area (Å²) in [4.78, 5) is 60.9. The van der Waals surface area contributed by atoms with E-state index in [9.17, 15) is 19.2 Å². The van der Waals surface area contributed by atoms with Crippen molar-refractivity contribution in [1.29, 1.82) is 0 Å². The Bertz CT molecular complexity index is 1510. The van der Waals surface area contributed by atoms with Gasteiger partial charge in [0.15, 0.2) is 0 Å². The predicted molar refractivity (Wildman–Crippen MR) is 178 cm³/mol. The molecule has 2 fully saturated rings. The molecule has 0 spiro atoms. The largest absolute Gasteiger partial charge is 0.368 e. The summed E-state index contributed by atoms with van der Waals surface area (Å²) in [6, 6.07) is 4.24. The van der Waals surface area contributed by atoms with Gasteiger partial charge in [0.05, 0.1) is 5.92 Å². The first-order valence-electron chi connectivity index (χ1n) is 17.3. The molecule has 248 valence electrons. The summed E-state index contributed by atoms with van der Waals surface area (Å²) in [6.45, 7) is 4.77. The van der Waals surface area contributed by atoms with Crippen molar-refractivity contribution in [2.45, 2.75) is 102 Å². The van der Waals surface area contributed by atoms with Crippen LogP contribution in [0.1, 0.15) is 82.8 Å². The molecular weight excluding hydrogens is 580 g/mol. The summed E-state index contributed by atoms with van der Waals surface area (Å²) >= 11 is 0. The van der Waals surface area contributed by atoms with Crippen LogP contribution in [0.2, 0.25) is 0 Å². The average molecular weight is 631 g/mol. The van der Waals surface area contributed by atoms with Crippen molar-refractivity contribution in [1.82, 2.24) is 25.4 Å². The number of aromatic amines is 1. The topological polar surface area (TPSA) is 141 Å². The van der Waals surface area contributed by atoms with Crippen molar-refractivity contribution >= 4 is 40.1 Å². The maximum Gasteiger partial charge on any atom is 0.246 e. The lowest BCUT2D eigenvalue weighted by molar-refractivity contribution is -0.142. The molecule has 0 radical (unpaired) electrons. The van der Waals surface area contributed by atoms with E-state index in [0.29, 0.717) is 38.3 Å². The highest BCUT2D eigenvalue weighted by Crippen LogP contribution is 2.41. The highest BCUT2D eigenvalue weighted by molar-refractivity contribution is 6.00. The molecule has 2 aliphatic heterocycles. The second kappa shape index (κ2) is 13.6. The summed E-state index contributed by atoms with van der Waals surface area (Å²) < 4.78 is 0. The maximum absolute atomic E-state index is 14.0. The van der Waals surface area contributed by atoms with Crippen LogP contribution >= 0.6 is 0 Å². The van der Waals surface area contributed by atoms with E-state index in [4.69, 9.17) is 5.73 Å². The number of fused-ring (bicyclic) bond motifs is 2. The van der Waals surface area contributed by atoms with Gasteiger partial charge in [0.1, 0.15) is 18.1 Å².